The van der Waals surface area contributed by atoms with Crippen molar-refractivity contribution in [1.29, 1.82) is 0 Å². The second kappa shape index (κ2) is 9.41. The van der Waals surface area contributed by atoms with Crippen molar-refractivity contribution >= 4 is 0 Å². The number of nitro groups is 1. The standard InChI is InChI=1S/C22H34N2O5/c1-4-5-6-7-8-9-10-18-11-13-19(14-12-18)15-20-22(23(29-20)24(25)26)16-27-21(2,3)28-17-22/h11-14,20H,4-10,15-17H2,1-3H3. The van der Waals surface area contributed by atoms with Crippen LogP contribution in [0.5, 0.6) is 0 Å². The van der Waals surface area contributed by atoms with Gasteiger partial charge in [-0.2, -0.15) is 0 Å². The Labute approximate surface area is 173 Å². The fourth-order valence-corrected chi connectivity index (χ4v) is 3.97. The van der Waals surface area contributed by atoms with Crippen molar-refractivity contribution in [1.82, 2.24) is 5.17 Å². The Morgan fingerprint density at radius 3 is 2.24 bits per heavy atom. The number of aryl methyl sites for hydroxylation is 1. The van der Waals surface area contributed by atoms with E-state index in [0.717, 1.165) is 17.2 Å². The summed E-state index contributed by atoms with van der Waals surface area (Å²) in [5.74, 6) is -0.730. The molecular weight excluding hydrogens is 372 g/mol. The molecule has 0 N–H and O–H groups in total. The summed E-state index contributed by atoms with van der Waals surface area (Å²) in [6, 6.07) is 8.53. The molecule has 1 unspecified atom stereocenters. The van der Waals surface area contributed by atoms with Crippen molar-refractivity contribution in [3.05, 3.63) is 45.5 Å². The third-order valence-corrected chi connectivity index (χ3v) is 5.96. The lowest BCUT2D eigenvalue weighted by molar-refractivity contribution is -0.803. The van der Waals surface area contributed by atoms with Crippen molar-refractivity contribution in [2.45, 2.75) is 89.6 Å². The normalized spacial score (nSPS) is 22.4. The second-order valence-corrected chi connectivity index (χ2v) is 8.72. The van der Waals surface area contributed by atoms with E-state index in [2.05, 4.69) is 31.2 Å². The van der Waals surface area contributed by atoms with Crippen molar-refractivity contribution < 1.29 is 19.3 Å². The molecule has 2 saturated heterocycles. The zero-order valence-electron chi connectivity index (χ0n) is 17.9. The van der Waals surface area contributed by atoms with Crippen LogP contribution in [0.1, 0.15) is 70.4 Å². The Balaban J connectivity index is 1.52. The predicted molar refractivity (Wildman–Crippen MR) is 110 cm³/mol. The molecule has 1 aromatic rings. The van der Waals surface area contributed by atoms with E-state index in [9.17, 15) is 10.1 Å². The van der Waals surface area contributed by atoms with Crippen LogP contribution in [-0.4, -0.2) is 40.8 Å². The quantitative estimate of drug-likeness (QED) is 0.324. The van der Waals surface area contributed by atoms with Gasteiger partial charge in [0.2, 0.25) is 5.54 Å². The molecule has 2 fully saturated rings. The molecule has 0 amide bonds. The molecule has 0 aromatic heterocycles. The number of ether oxygens (including phenoxy) is 2. The van der Waals surface area contributed by atoms with Crippen LogP contribution in [-0.2, 0) is 27.2 Å². The molecular formula is C22H34N2O5. The molecule has 2 aliphatic heterocycles. The van der Waals surface area contributed by atoms with Gasteiger partial charge in [0.05, 0.1) is 13.2 Å². The molecule has 0 aliphatic carbocycles. The molecule has 3 rings (SSSR count). The molecule has 0 bridgehead atoms. The summed E-state index contributed by atoms with van der Waals surface area (Å²) in [7, 11) is 0. The van der Waals surface area contributed by atoms with Gasteiger partial charge in [0, 0.05) is 11.6 Å². The van der Waals surface area contributed by atoms with E-state index in [1.807, 2.05) is 13.8 Å². The number of unbranched alkanes of at least 4 members (excludes halogenated alkanes) is 5. The predicted octanol–water partition coefficient (Wildman–Crippen LogP) is 4.46. The van der Waals surface area contributed by atoms with Crippen LogP contribution in [0.25, 0.3) is 0 Å². The highest BCUT2D eigenvalue weighted by atomic mass is 16.9. The van der Waals surface area contributed by atoms with E-state index in [4.69, 9.17) is 14.3 Å². The Bertz CT molecular complexity index is 666. The van der Waals surface area contributed by atoms with Crippen LogP contribution in [0, 0.1) is 10.1 Å². The number of hydrogen-bond acceptors (Lipinski definition) is 5. The van der Waals surface area contributed by atoms with Gasteiger partial charge in [0.15, 0.2) is 10.8 Å². The lowest BCUT2D eigenvalue weighted by Gasteiger charge is -2.53. The van der Waals surface area contributed by atoms with E-state index in [1.54, 1.807) is 0 Å². The summed E-state index contributed by atoms with van der Waals surface area (Å²) >= 11 is 0. The van der Waals surface area contributed by atoms with Gasteiger partial charge in [0.25, 0.3) is 0 Å². The van der Waals surface area contributed by atoms with Crippen LogP contribution in [0.15, 0.2) is 24.3 Å². The van der Waals surface area contributed by atoms with Crippen molar-refractivity contribution in [2.24, 2.45) is 0 Å². The molecule has 2 heterocycles. The largest absolute Gasteiger partial charge is 0.348 e. The Kier molecular flexibility index (Phi) is 7.14. The van der Waals surface area contributed by atoms with Crippen LogP contribution < -0.4 is 0 Å². The fourth-order valence-electron chi connectivity index (χ4n) is 3.97. The fraction of sp³-hybridized carbons (Fsp3) is 0.727. The topological polar surface area (TPSA) is 74.1 Å². The molecule has 29 heavy (non-hydrogen) atoms. The number of benzene rings is 1. The molecule has 2 aliphatic rings. The Morgan fingerprint density at radius 1 is 1.03 bits per heavy atom. The van der Waals surface area contributed by atoms with Crippen LogP contribution in [0.3, 0.4) is 0 Å². The van der Waals surface area contributed by atoms with Crippen molar-refractivity contribution in [3.63, 3.8) is 0 Å². The SMILES string of the molecule is CCCCCCCCc1ccc(CC2ON([N+](=O)[O-])C23COC(C)(C)OC3)cc1. The van der Waals surface area contributed by atoms with Crippen molar-refractivity contribution in [2.75, 3.05) is 13.2 Å². The van der Waals surface area contributed by atoms with E-state index in [-0.39, 0.29) is 19.3 Å². The van der Waals surface area contributed by atoms with Crippen LogP contribution >= 0.6 is 0 Å². The van der Waals surface area contributed by atoms with Gasteiger partial charge >= 0.3 is 0 Å². The highest BCUT2D eigenvalue weighted by Gasteiger charge is 2.65. The lowest BCUT2D eigenvalue weighted by atomic mass is 9.86. The first-order chi connectivity index (χ1) is 13.9. The molecule has 7 heteroatoms. The first-order valence-corrected chi connectivity index (χ1v) is 10.8. The maximum Gasteiger partial charge on any atom is 0.206 e. The highest BCUT2D eigenvalue weighted by molar-refractivity contribution is 5.24. The van der Waals surface area contributed by atoms with Crippen LogP contribution in [0.2, 0.25) is 0 Å². The zero-order chi connectivity index (χ0) is 20.9. The van der Waals surface area contributed by atoms with Gasteiger partial charge in [-0.1, -0.05) is 63.3 Å². The molecule has 162 valence electrons. The number of hydrogen-bond donors (Lipinski definition) is 0. The summed E-state index contributed by atoms with van der Waals surface area (Å²) in [6.45, 7) is 6.28. The maximum atomic E-state index is 11.3. The molecule has 1 spiro atoms. The van der Waals surface area contributed by atoms with Gasteiger partial charge in [-0.15, -0.1) is 0 Å². The minimum atomic E-state index is -0.879. The number of hydrazine groups is 1. The average Bonchev–Trinajstić information content (AvgIpc) is 2.68. The summed E-state index contributed by atoms with van der Waals surface area (Å²) in [5.41, 5.74) is 1.57. The monoisotopic (exact) mass is 406 g/mol. The molecule has 1 aromatic carbocycles. The van der Waals surface area contributed by atoms with Gasteiger partial charge in [-0.3, -0.25) is 0 Å². The van der Waals surface area contributed by atoms with E-state index < -0.39 is 16.4 Å². The number of rotatable bonds is 10. The summed E-state index contributed by atoms with van der Waals surface area (Å²) in [6.07, 6.45) is 9.13. The average molecular weight is 407 g/mol. The van der Waals surface area contributed by atoms with Gasteiger partial charge in [-0.05, 0) is 37.8 Å². The molecule has 1 atom stereocenters. The van der Waals surface area contributed by atoms with Crippen molar-refractivity contribution in [3.8, 4) is 0 Å². The molecule has 0 radical (unpaired) electrons. The summed E-state index contributed by atoms with van der Waals surface area (Å²) < 4.78 is 11.4. The Hall–Kier alpha value is -1.70. The third-order valence-electron chi connectivity index (χ3n) is 5.96. The number of hydroxylamine groups is 1. The highest BCUT2D eigenvalue weighted by Crippen LogP contribution is 2.41. The van der Waals surface area contributed by atoms with Gasteiger partial charge in [0.1, 0.15) is 6.10 Å². The van der Waals surface area contributed by atoms with Gasteiger partial charge in [-0.25, -0.2) is 15.0 Å². The smallest absolute Gasteiger partial charge is 0.206 e. The zero-order valence-corrected chi connectivity index (χ0v) is 17.9. The van der Waals surface area contributed by atoms with E-state index in [1.165, 1.54) is 44.1 Å². The second-order valence-electron chi connectivity index (χ2n) is 8.72. The van der Waals surface area contributed by atoms with Gasteiger partial charge < -0.3 is 9.47 Å². The molecule has 0 saturated carbocycles. The minimum Gasteiger partial charge on any atom is -0.348 e. The summed E-state index contributed by atoms with van der Waals surface area (Å²) in [5, 5.41) is 11.6. The van der Waals surface area contributed by atoms with E-state index in [0.29, 0.717) is 6.42 Å². The van der Waals surface area contributed by atoms with Crippen LogP contribution in [0.4, 0.5) is 0 Å². The first-order valence-electron chi connectivity index (χ1n) is 10.8. The lowest BCUT2D eigenvalue weighted by Crippen LogP contribution is -2.77. The first kappa shape index (κ1) is 22.0. The minimum absolute atomic E-state index is 0.210. The maximum absolute atomic E-state index is 11.3. The number of nitrogens with zero attached hydrogens (tertiary/aromatic N) is 2. The molecule has 7 nitrogen and oxygen atoms in total. The van der Waals surface area contributed by atoms with E-state index >= 15 is 0 Å². The Morgan fingerprint density at radius 2 is 1.62 bits per heavy atom. The third kappa shape index (κ3) is 5.27. The summed E-state index contributed by atoms with van der Waals surface area (Å²) in [4.78, 5) is 16.8.